The molecule has 1 atom stereocenters. The van der Waals surface area contributed by atoms with Crippen molar-refractivity contribution in [2.45, 2.75) is 19.8 Å². The number of benzene rings is 2. The van der Waals surface area contributed by atoms with Crippen molar-refractivity contribution in [3.05, 3.63) is 57.0 Å². The highest BCUT2D eigenvalue weighted by Gasteiger charge is 2.17. The summed E-state index contributed by atoms with van der Waals surface area (Å²) in [5, 5.41) is 3.17. The number of thiazole rings is 1. The Labute approximate surface area is 130 Å². The number of anilines is 1. The van der Waals surface area contributed by atoms with Crippen molar-refractivity contribution in [1.82, 2.24) is 4.98 Å². The van der Waals surface area contributed by atoms with Crippen LogP contribution in [0.2, 0.25) is 0 Å². The molecule has 0 bridgehead atoms. The van der Waals surface area contributed by atoms with E-state index >= 15 is 0 Å². The number of nitrogen functional groups attached to an aromatic ring is 1. The first-order chi connectivity index (χ1) is 9.58. The van der Waals surface area contributed by atoms with Gasteiger partial charge >= 0.3 is 0 Å². The second-order valence-corrected chi connectivity index (χ2v) is 6.82. The van der Waals surface area contributed by atoms with E-state index in [0.29, 0.717) is 11.0 Å². The molecule has 20 heavy (non-hydrogen) atoms. The fourth-order valence-electron chi connectivity index (χ4n) is 2.64. The minimum atomic E-state index is 0.294. The van der Waals surface area contributed by atoms with E-state index in [1.165, 1.54) is 21.2 Å². The van der Waals surface area contributed by atoms with Crippen molar-refractivity contribution in [3.8, 4) is 0 Å². The Kier molecular flexibility index (Phi) is 3.52. The van der Waals surface area contributed by atoms with Gasteiger partial charge in [0, 0.05) is 15.3 Å². The average molecular weight is 347 g/mol. The van der Waals surface area contributed by atoms with Crippen LogP contribution in [0.1, 0.15) is 29.0 Å². The van der Waals surface area contributed by atoms with Crippen molar-refractivity contribution >= 4 is 43.2 Å². The number of fused-ring (bicyclic) bond motifs is 1. The van der Waals surface area contributed by atoms with Gasteiger partial charge in [0.15, 0.2) is 5.13 Å². The Morgan fingerprint density at radius 1 is 1.15 bits per heavy atom. The van der Waals surface area contributed by atoms with Gasteiger partial charge in [0.25, 0.3) is 0 Å². The highest BCUT2D eigenvalue weighted by molar-refractivity contribution is 9.10. The van der Waals surface area contributed by atoms with Gasteiger partial charge < -0.3 is 5.73 Å². The summed E-state index contributed by atoms with van der Waals surface area (Å²) in [4.78, 5) is 5.59. The molecule has 102 valence electrons. The Hall–Kier alpha value is -1.39. The van der Waals surface area contributed by atoms with E-state index in [4.69, 9.17) is 5.73 Å². The van der Waals surface area contributed by atoms with Crippen molar-refractivity contribution in [3.63, 3.8) is 0 Å². The predicted octanol–water partition coefficient (Wildman–Crippen LogP) is 5.10. The van der Waals surface area contributed by atoms with E-state index < -0.39 is 0 Å². The molecule has 2 N–H and O–H groups in total. The largest absolute Gasteiger partial charge is 0.375 e. The SMILES string of the molecule is Cc1nc(N)sc1C(C)c1ccc(Br)c2ccccc12. The van der Waals surface area contributed by atoms with Crippen molar-refractivity contribution in [2.75, 3.05) is 5.73 Å². The molecule has 2 aromatic carbocycles. The van der Waals surface area contributed by atoms with Gasteiger partial charge in [0.1, 0.15) is 0 Å². The summed E-state index contributed by atoms with van der Waals surface area (Å²) in [6.07, 6.45) is 0. The molecule has 0 aliphatic heterocycles. The van der Waals surface area contributed by atoms with Crippen LogP contribution < -0.4 is 5.73 Å². The van der Waals surface area contributed by atoms with Crippen LogP contribution in [0, 0.1) is 6.92 Å². The molecular weight excluding hydrogens is 332 g/mol. The Morgan fingerprint density at radius 3 is 2.50 bits per heavy atom. The highest BCUT2D eigenvalue weighted by Crippen LogP contribution is 2.37. The maximum Gasteiger partial charge on any atom is 0.180 e. The molecule has 0 radical (unpaired) electrons. The molecule has 1 aromatic heterocycles. The maximum atomic E-state index is 5.83. The van der Waals surface area contributed by atoms with Gasteiger partial charge in [0.2, 0.25) is 0 Å². The summed E-state index contributed by atoms with van der Waals surface area (Å²) >= 11 is 5.21. The Bertz CT molecular complexity index is 779. The highest BCUT2D eigenvalue weighted by atomic mass is 79.9. The van der Waals surface area contributed by atoms with Gasteiger partial charge in [-0.1, -0.05) is 53.2 Å². The topological polar surface area (TPSA) is 38.9 Å². The lowest BCUT2D eigenvalue weighted by atomic mass is 9.93. The van der Waals surface area contributed by atoms with Gasteiger partial charge in [-0.15, -0.1) is 11.3 Å². The molecule has 2 nitrogen and oxygen atoms in total. The zero-order chi connectivity index (χ0) is 14.3. The third-order valence-electron chi connectivity index (χ3n) is 3.61. The smallest absolute Gasteiger partial charge is 0.180 e. The molecule has 1 heterocycles. The van der Waals surface area contributed by atoms with Gasteiger partial charge in [-0.05, 0) is 29.3 Å². The average Bonchev–Trinajstić information content (AvgIpc) is 2.78. The van der Waals surface area contributed by atoms with Crippen LogP contribution in [0.4, 0.5) is 5.13 Å². The standard InChI is InChI=1S/C16H15BrN2S/c1-9(15-10(2)19-16(18)20-15)11-7-8-14(17)13-6-4-3-5-12(11)13/h3-9H,1-2H3,(H2,18,19). The van der Waals surface area contributed by atoms with E-state index in [1.807, 2.05) is 6.92 Å². The van der Waals surface area contributed by atoms with Gasteiger partial charge in [-0.3, -0.25) is 0 Å². The van der Waals surface area contributed by atoms with E-state index in [2.05, 4.69) is 64.2 Å². The minimum Gasteiger partial charge on any atom is -0.375 e. The quantitative estimate of drug-likeness (QED) is 0.700. The lowest BCUT2D eigenvalue weighted by molar-refractivity contribution is 0.937. The molecule has 0 amide bonds. The molecule has 3 rings (SSSR count). The van der Waals surface area contributed by atoms with E-state index in [1.54, 1.807) is 11.3 Å². The van der Waals surface area contributed by atoms with Crippen LogP contribution >= 0.6 is 27.3 Å². The number of nitrogens with two attached hydrogens (primary N) is 1. The number of halogens is 1. The van der Waals surface area contributed by atoms with Crippen LogP contribution in [0.3, 0.4) is 0 Å². The lowest BCUT2D eigenvalue weighted by Gasteiger charge is -2.14. The van der Waals surface area contributed by atoms with Crippen molar-refractivity contribution in [2.24, 2.45) is 0 Å². The molecule has 4 heteroatoms. The minimum absolute atomic E-state index is 0.294. The maximum absolute atomic E-state index is 5.83. The fraction of sp³-hybridized carbons (Fsp3) is 0.188. The van der Waals surface area contributed by atoms with Crippen LogP contribution in [0.15, 0.2) is 40.9 Å². The molecule has 0 fully saturated rings. The number of rotatable bonds is 2. The number of hydrogen-bond acceptors (Lipinski definition) is 3. The van der Waals surface area contributed by atoms with Crippen molar-refractivity contribution < 1.29 is 0 Å². The summed E-state index contributed by atoms with van der Waals surface area (Å²) in [5.74, 6) is 0.294. The van der Waals surface area contributed by atoms with Crippen LogP contribution in [-0.2, 0) is 0 Å². The first-order valence-corrected chi connectivity index (χ1v) is 8.09. The summed E-state index contributed by atoms with van der Waals surface area (Å²) in [5.41, 5.74) is 8.18. The van der Waals surface area contributed by atoms with Crippen LogP contribution in [-0.4, -0.2) is 4.98 Å². The first-order valence-electron chi connectivity index (χ1n) is 6.48. The molecule has 0 saturated carbocycles. The number of aryl methyl sites for hydroxylation is 1. The van der Waals surface area contributed by atoms with Gasteiger partial charge in [0.05, 0.1) is 5.69 Å². The zero-order valence-electron chi connectivity index (χ0n) is 11.4. The Balaban J connectivity index is 2.20. The number of hydrogen-bond donors (Lipinski definition) is 1. The van der Waals surface area contributed by atoms with Gasteiger partial charge in [-0.25, -0.2) is 4.98 Å². The zero-order valence-corrected chi connectivity index (χ0v) is 13.8. The van der Waals surface area contributed by atoms with Crippen molar-refractivity contribution in [1.29, 1.82) is 0 Å². The molecule has 3 aromatic rings. The number of aromatic nitrogens is 1. The van der Waals surface area contributed by atoms with Gasteiger partial charge in [-0.2, -0.15) is 0 Å². The molecule has 0 spiro atoms. The molecular formula is C16H15BrN2S. The molecule has 1 unspecified atom stereocenters. The molecule has 0 aliphatic carbocycles. The van der Waals surface area contributed by atoms with E-state index in [9.17, 15) is 0 Å². The lowest BCUT2D eigenvalue weighted by Crippen LogP contribution is -1.97. The summed E-state index contributed by atoms with van der Waals surface area (Å²) in [7, 11) is 0. The third-order valence-corrected chi connectivity index (χ3v) is 5.47. The normalized spacial score (nSPS) is 12.8. The predicted molar refractivity (Wildman–Crippen MR) is 90.4 cm³/mol. The fourth-order valence-corrected chi connectivity index (χ4v) is 4.02. The number of nitrogens with zero attached hydrogens (tertiary/aromatic N) is 1. The van der Waals surface area contributed by atoms with E-state index in [0.717, 1.165) is 10.2 Å². The second-order valence-electron chi connectivity index (χ2n) is 4.91. The van der Waals surface area contributed by atoms with Crippen LogP contribution in [0.5, 0.6) is 0 Å². The molecule has 0 saturated heterocycles. The first kappa shape index (κ1) is 13.6. The Morgan fingerprint density at radius 2 is 1.85 bits per heavy atom. The van der Waals surface area contributed by atoms with E-state index in [-0.39, 0.29) is 0 Å². The third kappa shape index (κ3) is 2.23. The monoisotopic (exact) mass is 346 g/mol. The summed E-state index contributed by atoms with van der Waals surface area (Å²) in [6.45, 7) is 4.25. The second kappa shape index (κ2) is 5.19. The molecule has 0 aliphatic rings. The van der Waals surface area contributed by atoms with Crippen LogP contribution in [0.25, 0.3) is 10.8 Å². The summed E-state index contributed by atoms with van der Waals surface area (Å²) in [6, 6.07) is 12.8. The summed E-state index contributed by atoms with van der Waals surface area (Å²) < 4.78 is 1.13.